The van der Waals surface area contributed by atoms with E-state index in [9.17, 15) is 14.9 Å². The average Bonchev–Trinajstić information content (AvgIpc) is 2.52. The molecule has 0 aromatic heterocycles. The summed E-state index contributed by atoms with van der Waals surface area (Å²) in [6, 6.07) is 6.67. The minimum atomic E-state index is -0.668. The number of rotatable bonds is 5. The topological polar surface area (TPSA) is 78.7 Å². The van der Waals surface area contributed by atoms with Crippen LogP contribution in [0.1, 0.15) is 15.9 Å². The third-order valence-corrected chi connectivity index (χ3v) is 3.67. The molecule has 23 heavy (non-hydrogen) atoms. The summed E-state index contributed by atoms with van der Waals surface area (Å²) in [4.78, 5) is 23.2. The largest absolute Gasteiger partial charge is 0.493 e. The number of nitrogens with zero attached hydrogens (tertiary/aromatic N) is 1. The van der Waals surface area contributed by atoms with Gasteiger partial charge in [-0.25, -0.2) is 0 Å². The van der Waals surface area contributed by atoms with Gasteiger partial charge < -0.3 is 9.47 Å². The van der Waals surface area contributed by atoms with Crippen molar-refractivity contribution in [2.75, 3.05) is 14.2 Å². The van der Waals surface area contributed by atoms with Gasteiger partial charge in [-0.1, -0.05) is 23.2 Å². The third kappa shape index (κ3) is 3.38. The van der Waals surface area contributed by atoms with Gasteiger partial charge in [0.15, 0.2) is 11.5 Å². The predicted molar refractivity (Wildman–Crippen MR) is 86.1 cm³/mol. The summed E-state index contributed by atoms with van der Waals surface area (Å²) in [5.41, 5.74) is -0.457. The molecule has 0 radical (unpaired) electrons. The number of hydrogen-bond acceptors (Lipinski definition) is 5. The van der Waals surface area contributed by atoms with Crippen molar-refractivity contribution in [1.29, 1.82) is 0 Å². The second-order valence-corrected chi connectivity index (χ2v) is 5.28. The molecular weight excluding hydrogens is 345 g/mol. The highest BCUT2D eigenvalue weighted by Crippen LogP contribution is 2.36. The number of halogens is 2. The van der Waals surface area contributed by atoms with Gasteiger partial charge in [-0.05, 0) is 18.2 Å². The van der Waals surface area contributed by atoms with Crippen LogP contribution in [0.2, 0.25) is 10.0 Å². The van der Waals surface area contributed by atoms with Crippen LogP contribution in [0.3, 0.4) is 0 Å². The van der Waals surface area contributed by atoms with Gasteiger partial charge in [-0.15, -0.1) is 0 Å². The molecule has 0 heterocycles. The zero-order chi connectivity index (χ0) is 17.1. The minimum absolute atomic E-state index is 0.103. The first-order chi connectivity index (χ1) is 10.9. The second-order valence-electron chi connectivity index (χ2n) is 4.43. The molecule has 6 nitrogen and oxygen atoms in total. The molecule has 8 heteroatoms. The number of nitro benzene ring substituents is 1. The molecule has 2 aromatic rings. The lowest BCUT2D eigenvalue weighted by Crippen LogP contribution is -2.07. The van der Waals surface area contributed by atoms with Crippen LogP contribution < -0.4 is 9.47 Å². The highest BCUT2D eigenvalue weighted by molar-refractivity contribution is 6.37. The number of carbonyl (C=O) groups excluding carboxylic acids is 1. The first-order valence-corrected chi connectivity index (χ1v) is 7.04. The Balaban J connectivity index is 2.65. The fourth-order valence-electron chi connectivity index (χ4n) is 2.02. The Kier molecular flexibility index (Phi) is 5.08. The first-order valence-electron chi connectivity index (χ1n) is 6.29. The van der Waals surface area contributed by atoms with E-state index in [0.717, 1.165) is 6.07 Å². The van der Waals surface area contributed by atoms with Gasteiger partial charge >= 0.3 is 0 Å². The molecule has 0 spiro atoms. The van der Waals surface area contributed by atoms with E-state index in [4.69, 9.17) is 32.7 Å². The maximum atomic E-state index is 12.6. The van der Waals surface area contributed by atoms with Crippen molar-refractivity contribution in [1.82, 2.24) is 0 Å². The maximum Gasteiger partial charge on any atom is 0.284 e. The molecule has 2 rings (SSSR count). The van der Waals surface area contributed by atoms with Crippen LogP contribution in [0.25, 0.3) is 0 Å². The van der Waals surface area contributed by atoms with Gasteiger partial charge in [0, 0.05) is 16.7 Å². The normalized spacial score (nSPS) is 10.3. The van der Waals surface area contributed by atoms with Crippen LogP contribution in [-0.4, -0.2) is 24.9 Å². The molecule has 0 amide bonds. The van der Waals surface area contributed by atoms with Gasteiger partial charge in [-0.3, -0.25) is 14.9 Å². The molecule has 0 unspecified atom stereocenters. The molecule has 0 aliphatic carbocycles. The highest BCUT2D eigenvalue weighted by atomic mass is 35.5. The molecule has 0 atom stereocenters. The molecule has 0 aliphatic rings. The van der Waals surface area contributed by atoms with Crippen molar-refractivity contribution in [3.8, 4) is 11.5 Å². The van der Waals surface area contributed by atoms with Crippen molar-refractivity contribution < 1.29 is 19.2 Å². The molecule has 0 aliphatic heterocycles. The first kappa shape index (κ1) is 17.1. The number of ketones is 1. The van der Waals surface area contributed by atoms with E-state index in [2.05, 4.69) is 0 Å². The summed E-state index contributed by atoms with van der Waals surface area (Å²) in [5.74, 6) is -0.260. The Morgan fingerprint density at radius 1 is 1.04 bits per heavy atom. The number of benzene rings is 2. The lowest BCUT2D eigenvalue weighted by molar-refractivity contribution is -0.385. The molecule has 0 saturated heterocycles. The van der Waals surface area contributed by atoms with Gasteiger partial charge in [0.05, 0.1) is 30.2 Å². The SMILES string of the molecule is COc1cc(C(=O)c2ccc(Cl)cc2Cl)c([N+](=O)[O-])cc1OC. The molecule has 2 aromatic carbocycles. The highest BCUT2D eigenvalue weighted by Gasteiger charge is 2.26. The standard InChI is InChI=1S/C15H11Cl2NO5/c1-22-13-6-10(12(18(20)21)7-14(13)23-2)15(19)9-4-3-8(16)5-11(9)17/h3-7H,1-2H3. The quantitative estimate of drug-likeness (QED) is 0.457. The van der Waals surface area contributed by atoms with Crippen LogP contribution in [0.5, 0.6) is 11.5 Å². The summed E-state index contributed by atoms with van der Waals surface area (Å²) in [7, 11) is 2.71. The molecule has 0 bridgehead atoms. The second kappa shape index (κ2) is 6.85. The van der Waals surface area contributed by atoms with Crippen molar-refractivity contribution in [2.45, 2.75) is 0 Å². The summed E-state index contributed by atoms with van der Waals surface area (Å²) in [6.45, 7) is 0. The fourth-order valence-corrected chi connectivity index (χ4v) is 2.51. The Hall–Kier alpha value is -2.31. The minimum Gasteiger partial charge on any atom is -0.493 e. The third-order valence-electron chi connectivity index (χ3n) is 3.12. The van der Waals surface area contributed by atoms with Gasteiger partial charge in [-0.2, -0.15) is 0 Å². The number of methoxy groups -OCH3 is 2. The van der Waals surface area contributed by atoms with E-state index < -0.39 is 16.4 Å². The number of nitro groups is 1. The Labute approximate surface area is 141 Å². The van der Waals surface area contributed by atoms with E-state index in [1.54, 1.807) is 0 Å². The van der Waals surface area contributed by atoms with E-state index in [1.165, 1.54) is 38.5 Å². The van der Waals surface area contributed by atoms with Crippen LogP contribution in [0.4, 0.5) is 5.69 Å². The lowest BCUT2D eigenvalue weighted by atomic mass is 10.0. The maximum absolute atomic E-state index is 12.6. The zero-order valence-electron chi connectivity index (χ0n) is 12.1. The number of carbonyl (C=O) groups is 1. The molecule has 120 valence electrons. The Morgan fingerprint density at radius 2 is 1.65 bits per heavy atom. The summed E-state index contributed by atoms with van der Waals surface area (Å²) < 4.78 is 10.1. The van der Waals surface area contributed by atoms with E-state index in [-0.39, 0.29) is 27.6 Å². The lowest BCUT2D eigenvalue weighted by Gasteiger charge is -2.10. The van der Waals surface area contributed by atoms with Crippen LogP contribution in [0.15, 0.2) is 30.3 Å². The number of ether oxygens (including phenoxy) is 2. The molecule has 0 N–H and O–H groups in total. The van der Waals surface area contributed by atoms with Crippen molar-refractivity contribution >= 4 is 34.7 Å². The van der Waals surface area contributed by atoms with Gasteiger partial charge in [0.25, 0.3) is 5.69 Å². The predicted octanol–water partition coefficient (Wildman–Crippen LogP) is 4.15. The van der Waals surface area contributed by atoms with Crippen LogP contribution in [0, 0.1) is 10.1 Å². The van der Waals surface area contributed by atoms with E-state index >= 15 is 0 Å². The monoisotopic (exact) mass is 355 g/mol. The van der Waals surface area contributed by atoms with Gasteiger partial charge in [0.2, 0.25) is 5.78 Å². The van der Waals surface area contributed by atoms with E-state index in [0.29, 0.717) is 5.02 Å². The van der Waals surface area contributed by atoms with E-state index in [1.807, 2.05) is 0 Å². The number of hydrogen-bond donors (Lipinski definition) is 0. The van der Waals surface area contributed by atoms with Crippen LogP contribution in [-0.2, 0) is 0 Å². The Bertz CT molecular complexity index is 792. The van der Waals surface area contributed by atoms with Crippen molar-refractivity contribution in [3.63, 3.8) is 0 Å². The smallest absolute Gasteiger partial charge is 0.284 e. The van der Waals surface area contributed by atoms with Crippen LogP contribution >= 0.6 is 23.2 Å². The van der Waals surface area contributed by atoms with Crippen molar-refractivity contribution in [3.05, 3.63) is 61.6 Å². The van der Waals surface area contributed by atoms with Gasteiger partial charge in [0.1, 0.15) is 5.56 Å². The summed E-state index contributed by atoms with van der Waals surface area (Å²) in [5, 5.41) is 11.7. The summed E-state index contributed by atoms with van der Waals surface area (Å²) in [6.07, 6.45) is 0. The zero-order valence-corrected chi connectivity index (χ0v) is 13.6. The molecule has 0 saturated carbocycles. The van der Waals surface area contributed by atoms with Crippen molar-refractivity contribution in [2.24, 2.45) is 0 Å². The molecular formula is C15H11Cl2NO5. The average molecular weight is 356 g/mol. The fraction of sp³-hybridized carbons (Fsp3) is 0.133. The summed E-state index contributed by atoms with van der Waals surface area (Å²) >= 11 is 11.8. The Morgan fingerprint density at radius 3 is 2.17 bits per heavy atom. The molecule has 0 fully saturated rings.